The third-order valence-corrected chi connectivity index (χ3v) is 4.56. The molecule has 32 heavy (non-hydrogen) atoms. The highest BCUT2D eigenvalue weighted by Crippen LogP contribution is 2.29. The van der Waals surface area contributed by atoms with E-state index in [9.17, 15) is 9.18 Å². The monoisotopic (exact) mass is 439 g/mol. The van der Waals surface area contributed by atoms with Gasteiger partial charge in [0.05, 0.1) is 23.9 Å². The Bertz CT molecular complexity index is 1180. The van der Waals surface area contributed by atoms with E-state index in [1.54, 1.807) is 25.2 Å². The summed E-state index contributed by atoms with van der Waals surface area (Å²) in [4.78, 5) is 17.0. The molecule has 0 aliphatic heterocycles. The molecule has 0 unspecified atom stereocenters. The summed E-state index contributed by atoms with van der Waals surface area (Å²) in [7, 11) is 3.14. The highest BCUT2D eigenvalue weighted by atomic mass is 19.1. The van der Waals surface area contributed by atoms with Crippen LogP contribution in [0.1, 0.15) is 36.7 Å². The van der Waals surface area contributed by atoms with Crippen LogP contribution in [0, 0.1) is 11.2 Å². The molecule has 0 aliphatic rings. The molecule has 3 aromatic rings. The lowest BCUT2D eigenvalue weighted by molar-refractivity contribution is 0.0916. The number of nitrogens with two attached hydrogens (primary N) is 1. The summed E-state index contributed by atoms with van der Waals surface area (Å²) < 4.78 is 21.5. The van der Waals surface area contributed by atoms with Crippen LogP contribution < -0.4 is 21.1 Å². The fourth-order valence-corrected chi connectivity index (χ4v) is 3.01. The lowest BCUT2D eigenvalue weighted by atomic mass is 10.1. The molecule has 0 fully saturated rings. The van der Waals surface area contributed by atoms with Crippen molar-refractivity contribution in [1.29, 1.82) is 5.41 Å². The molecule has 0 bridgehead atoms. The summed E-state index contributed by atoms with van der Waals surface area (Å²) >= 11 is 0. The predicted molar refractivity (Wildman–Crippen MR) is 122 cm³/mol. The van der Waals surface area contributed by atoms with Gasteiger partial charge in [0.25, 0.3) is 5.91 Å². The van der Waals surface area contributed by atoms with Gasteiger partial charge in [-0.15, -0.1) is 5.10 Å². The van der Waals surface area contributed by atoms with Gasteiger partial charge < -0.3 is 26.5 Å². The number of methoxy groups -OCH3 is 1. The summed E-state index contributed by atoms with van der Waals surface area (Å²) in [5, 5.41) is 17.5. The molecule has 168 valence electrons. The van der Waals surface area contributed by atoms with E-state index in [4.69, 9.17) is 15.9 Å². The maximum atomic E-state index is 14.6. The molecule has 0 radical (unpaired) electrons. The zero-order chi connectivity index (χ0) is 23.6. The molecule has 1 amide bonds. The lowest BCUT2D eigenvalue weighted by Crippen LogP contribution is -2.40. The normalized spacial score (nSPS) is 11.2. The van der Waals surface area contributed by atoms with Crippen molar-refractivity contribution in [3.05, 3.63) is 47.3 Å². The van der Waals surface area contributed by atoms with Gasteiger partial charge >= 0.3 is 0 Å². The van der Waals surface area contributed by atoms with Crippen LogP contribution in [0.3, 0.4) is 0 Å². The molecule has 3 rings (SSSR count). The number of carbonyl (C=O) groups excluding carboxylic acids is 1. The van der Waals surface area contributed by atoms with Crippen molar-refractivity contribution in [3.63, 3.8) is 0 Å². The average Bonchev–Trinajstić information content (AvgIpc) is 3.09. The zero-order valence-corrected chi connectivity index (χ0v) is 18.6. The average molecular weight is 439 g/mol. The second-order valence-corrected chi connectivity index (χ2v) is 8.20. The third kappa shape index (κ3) is 4.69. The summed E-state index contributed by atoms with van der Waals surface area (Å²) in [6.07, 6.45) is 0.863. The fourth-order valence-electron chi connectivity index (χ4n) is 3.01. The fraction of sp³-hybridized carbons (Fsp3) is 0.273. The lowest BCUT2D eigenvalue weighted by Gasteiger charge is -2.21. The number of nitrogens with one attached hydrogen (secondary N) is 3. The first kappa shape index (κ1) is 22.7. The van der Waals surface area contributed by atoms with Crippen LogP contribution in [0.15, 0.2) is 30.3 Å². The predicted octanol–water partition coefficient (Wildman–Crippen LogP) is 3.48. The van der Waals surface area contributed by atoms with E-state index in [-0.39, 0.29) is 28.8 Å². The molecule has 0 saturated carbocycles. The van der Waals surface area contributed by atoms with Crippen LogP contribution >= 0.6 is 0 Å². The first-order valence-electron chi connectivity index (χ1n) is 9.81. The van der Waals surface area contributed by atoms with Gasteiger partial charge in [0.15, 0.2) is 11.6 Å². The summed E-state index contributed by atoms with van der Waals surface area (Å²) in [5.41, 5.74) is 6.61. The molecule has 1 heterocycles. The number of anilines is 3. The summed E-state index contributed by atoms with van der Waals surface area (Å²) in [6, 6.07) is 8.02. The maximum absolute atomic E-state index is 14.6. The van der Waals surface area contributed by atoms with Gasteiger partial charge in [-0.3, -0.25) is 4.79 Å². The SMILES string of the molecule is COc1cc(-c2nc(Nc3ccc(N)c(C=N)c3F)n(C)n2)ccc1C(=O)NC(C)(C)C. The minimum Gasteiger partial charge on any atom is -0.496 e. The topological polar surface area (TPSA) is 131 Å². The molecule has 0 spiro atoms. The highest BCUT2D eigenvalue weighted by molar-refractivity contribution is 5.98. The van der Waals surface area contributed by atoms with Crippen LogP contribution in [-0.2, 0) is 7.05 Å². The number of nitrogens with zero attached hydrogens (tertiary/aromatic N) is 3. The summed E-state index contributed by atoms with van der Waals surface area (Å²) in [6.45, 7) is 5.69. The Morgan fingerprint density at radius 3 is 2.62 bits per heavy atom. The van der Waals surface area contributed by atoms with Crippen molar-refractivity contribution in [2.75, 3.05) is 18.2 Å². The van der Waals surface area contributed by atoms with Crippen LogP contribution in [0.2, 0.25) is 0 Å². The molecule has 0 atom stereocenters. The van der Waals surface area contributed by atoms with Crippen LogP contribution in [0.4, 0.5) is 21.7 Å². The number of ether oxygens (including phenoxy) is 1. The number of nitrogen functional groups attached to an aromatic ring is 1. The number of rotatable bonds is 6. The third-order valence-electron chi connectivity index (χ3n) is 4.56. The number of amides is 1. The molecule has 10 heteroatoms. The van der Waals surface area contributed by atoms with Crippen molar-refractivity contribution in [1.82, 2.24) is 20.1 Å². The Morgan fingerprint density at radius 1 is 1.28 bits per heavy atom. The molecular weight excluding hydrogens is 413 g/mol. The first-order valence-corrected chi connectivity index (χ1v) is 9.81. The Balaban J connectivity index is 1.92. The number of carbonyl (C=O) groups is 1. The molecule has 0 aliphatic carbocycles. The maximum Gasteiger partial charge on any atom is 0.255 e. The van der Waals surface area contributed by atoms with Crippen LogP contribution in [0.25, 0.3) is 11.4 Å². The van der Waals surface area contributed by atoms with E-state index in [1.807, 2.05) is 20.8 Å². The number of aromatic nitrogens is 3. The van der Waals surface area contributed by atoms with Gasteiger partial charge in [-0.2, -0.15) is 4.98 Å². The second kappa shape index (κ2) is 8.66. The van der Waals surface area contributed by atoms with E-state index in [1.165, 1.54) is 23.9 Å². The molecular formula is C22H26FN7O2. The molecule has 5 N–H and O–H groups in total. The highest BCUT2D eigenvalue weighted by Gasteiger charge is 2.20. The quantitative estimate of drug-likeness (QED) is 0.344. The van der Waals surface area contributed by atoms with Gasteiger partial charge in [0.2, 0.25) is 5.95 Å². The molecule has 0 saturated heterocycles. The smallest absolute Gasteiger partial charge is 0.255 e. The van der Waals surface area contributed by atoms with Gasteiger partial charge in [-0.05, 0) is 45.0 Å². The van der Waals surface area contributed by atoms with Crippen molar-refractivity contribution < 1.29 is 13.9 Å². The number of hydrogen-bond acceptors (Lipinski definition) is 7. The Hall–Kier alpha value is -3.95. The number of aryl methyl sites for hydroxylation is 1. The number of halogens is 1. The summed E-state index contributed by atoms with van der Waals surface area (Å²) in [5.74, 6) is 0.122. The Labute approximate surface area is 185 Å². The zero-order valence-electron chi connectivity index (χ0n) is 18.6. The van der Waals surface area contributed by atoms with Crippen LogP contribution in [0.5, 0.6) is 5.75 Å². The molecule has 9 nitrogen and oxygen atoms in total. The largest absolute Gasteiger partial charge is 0.496 e. The van der Waals surface area contributed by atoms with Gasteiger partial charge in [0.1, 0.15) is 5.75 Å². The van der Waals surface area contributed by atoms with E-state index < -0.39 is 11.4 Å². The van der Waals surface area contributed by atoms with Crippen molar-refractivity contribution in [2.45, 2.75) is 26.3 Å². The van der Waals surface area contributed by atoms with Crippen LogP contribution in [-0.4, -0.2) is 39.5 Å². The van der Waals surface area contributed by atoms with Crippen molar-refractivity contribution in [3.8, 4) is 17.1 Å². The minimum atomic E-state index is -0.652. The minimum absolute atomic E-state index is 0.00810. The number of hydrogen-bond donors (Lipinski definition) is 4. The van der Waals surface area contributed by atoms with E-state index >= 15 is 0 Å². The number of benzene rings is 2. The van der Waals surface area contributed by atoms with Crippen molar-refractivity contribution >= 4 is 29.4 Å². The van der Waals surface area contributed by atoms with Crippen molar-refractivity contribution in [2.24, 2.45) is 7.05 Å². The Morgan fingerprint density at radius 2 is 2.00 bits per heavy atom. The standard InChI is InChI=1S/C22H26FN7O2/c1-22(2,3)28-20(31)13-7-6-12(10-17(13)32-5)19-27-21(30(4)29-19)26-16-9-8-15(25)14(11-24)18(16)23/h6-11,24H,25H2,1-5H3,(H,28,31)(H,26,27,29). The first-order chi connectivity index (χ1) is 15.0. The van der Waals surface area contributed by atoms with E-state index in [2.05, 4.69) is 20.7 Å². The van der Waals surface area contributed by atoms with E-state index in [0.29, 0.717) is 22.7 Å². The Kier molecular flexibility index (Phi) is 6.15. The van der Waals surface area contributed by atoms with Gasteiger partial charge in [-0.1, -0.05) is 6.07 Å². The van der Waals surface area contributed by atoms with Gasteiger partial charge in [-0.25, -0.2) is 9.07 Å². The molecule has 2 aromatic carbocycles. The molecule has 1 aromatic heterocycles. The van der Waals surface area contributed by atoms with Gasteiger partial charge in [0, 0.05) is 30.1 Å². The second-order valence-electron chi connectivity index (χ2n) is 8.20. The van der Waals surface area contributed by atoms with E-state index in [0.717, 1.165) is 6.21 Å².